The molecule has 0 spiro atoms. The minimum Gasteiger partial charge on any atom is -0.341 e. The first kappa shape index (κ1) is 18.1. The van der Waals surface area contributed by atoms with Gasteiger partial charge in [-0.15, -0.1) is 0 Å². The van der Waals surface area contributed by atoms with Crippen molar-refractivity contribution in [2.75, 3.05) is 7.11 Å². The number of dihydropyridines is 1. The lowest BCUT2D eigenvalue weighted by atomic mass is 10.1. The Bertz CT molecular complexity index is 506. The summed E-state index contributed by atoms with van der Waals surface area (Å²) in [5, 5.41) is -1.53. The molecule has 0 saturated heterocycles. The molecule has 2 atom stereocenters. The van der Waals surface area contributed by atoms with E-state index in [4.69, 9.17) is 11.6 Å². The highest BCUT2D eigenvalue weighted by molar-refractivity contribution is 9.10. The fourth-order valence-electron chi connectivity index (χ4n) is 1.23. The minimum absolute atomic E-state index is 0.670. The lowest BCUT2D eigenvalue weighted by Gasteiger charge is -2.29. The Kier molecular flexibility index (Phi) is 5.95. The predicted octanol–water partition coefficient (Wildman–Crippen LogP) is 4.25. The molecule has 0 bridgehead atoms. The maximum atomic E-state index is 12.4. The van der Waals surface area contributed by atoms with Crippen molar-refractivity contribution in [1.29, 1.82) is 0 Å². The predicted molar refractivity (Wildman–Crippen MR) is 79.9 cm³/mol. The van der Waals surface area contributed by atoms with Gasteiger partial charge in [-0.2, -0.15) is 13.2 Å². The number of halogens is 5. The number of hydrogen-bond donors (Lipinski definition) is 0. The quantitative estimate of drug-likeness (QED) is 0.411. The first-order valence-corrected chi connectivity index (χ1v) is 6.93. The summed E-state index contributed by atoms with van der Waals surface area (Å²) in [4.78, 5) is 7.44. The van der Waals surface area contributed by atoms with Gasteiger partial charge in [-0.25, -0.2) is 4.99 Å². The highest BCUT2D eigenvalue weighted by atomic mass is 79.9. The number of rotatable bonds is 1. The molecule has 0 radical (unpaired) electrons. The fraction of sp³-hybridized carbons (Fsp3) is 0.385. The number of allylic oxidation sites excluding steroid dienone is 1. The molecule has 1 aliphatic heterocycles. The topological polar surface area (TPSA) is 34.5 Å². The fourth-order valence-corrected chi connectivity index (χ4v) is 1.57. The molecule has 1 aromatic rings. The van der Waals surface area contributed by atoms with Crippen LogP contribution in [0, 0.1) is 6.92 Å². The average Bonchev–Trinajstić information content (AvgIpc) is 2.43. The van der Waals surface area contributed by atoms with E-state index in [1.165, 1.54) is 7.11 Å². The number of alkyl halides is 5. The average molecular weight is 386 g/mol. The molecule has 2 unspecified atom stereocenters. The second-order valence-electron chi connectivity index (χ2n) is 4.14. The summed E-state index contributed by atoms with van der Waals surface area (Å²) in [7, 11) is 1.25. The Morgan fingerprint density at radius 3 is 2.24 bits per heavy atom. The summed E-state index contributed by atoms with van der Waals surface area (Å²) in [5.41, 5.74) is 1.07. The summed E-state index contributed by atoms with van der Waals surface area (Å²) in [6.45, 7) is 1.97. The van der Waals surface area contributed by atoms with E-state index in [-0.39, 0.29) is 0 Å². The van der Waals surface area contributed by atoms with E-state index in [2.05, 4.69) is 30.6 Å². The van der Waals surface area contributed by atoms with Crippen LogP contribution in [0.15, 0.2) is 41.5 Å². The highest BCUT2D eigenvalue weighted by Gasteiger charge is 2.52. The number of aromatic nitrogens is 1. The van der Waals surface area contributed by atoms with Gasteiger partial charge in [0.05, 0.1) is 0 Å². The zero-order valence-electron chi connectivity index (χ0n) is 11.2. The maximum absolute atomic E-state index is 12.4. The van der Waals surface area contributed by atoms with Crippen molar-refractivity contribution >= 4 is 33.7 Å². The Labute approximate surface area is 134 Å². The lowest BCUT2D eigenvalue weighted by molar-refractivity contribution is -0.130. The van der Waals surface area contributed by atoms with Crippen molar-refractivity contribution < 1.29 is 17.9 Å². The van der Waals surface area contributed by atoms with Crippen molar-refractivity contribution in [1.82, 2.24) is 4.98 Å². The zero-order valence-corrected chi connectivity index (χ0v) is 13.6. The molecule has 0 N–H and O–H groups in total. The largest absolute Gasteiger partial charge is 0.412 e. The SMILES string of the molecule is COC1(Cl)C=CC(Br)(C(F)(F)F)C=N1.Cc1ccccn1. The molecular weight excluding hydrogens is 373 g/mol. The lowest BCUT2D eigenvalue weighted by Crippen LogP contribution is -2.42. The number of ether oxygens (including phenoxy) is 1. The summed E-state index contributed by atoms with van der Waals surface area (Å²) in [6, 6.07) is 5.86. The molecule has 0 aromatic carbocycles. The van der Waals surface area contributed by atoms with Crippen LogP contribution < -0.4 is 0 Å². The van der Waals surface area contributed by atoms with Gasteiger partial charge in [0.2, 0.25) is 0 Å². The van der Waals surface area contributed by atoms with Crippen molar-refractivity contribution in [2.45, 2.75) is 22.6 Å². The van der Waals surface area contributed by atoms with Crippen molar-refractivity contribution in [3.05, 3.63) is 42.2 Å². The van der Waals surface area contributed by atoms with Crippen LogP contribution in [0.4, 0.5) is 13.2 Å². The summed E-state index contributed by atoms with van der Waals surface area (Å²) in [6.07, 6.45) is -0.106. The molecule has 8 heteroatoms. The molecule has 3 nitrogen and oxygen atoms in total. The van der Waals surface area contributed by atoms with Crippen molar-refractivity contribution in [3.63, 3.8) is 0 Å². The van der Waals surface area contributed by atoms with Crippen LogP contribution in [0.25, 0.3) is 0 Å². The van der Waals surface area contributed by atoms with Gasteiger partial charge in [-0.05, 0) is 25.1 Å². The van der Waals surface area contributed by atoms with Crippen LogP contribution in [-0.2, 0) is 4.74 Å². The number of pyridine rings is 1. The Morgan fingerprint density at radius 2 is 1.95 bits per heavy atom. The molecule has 1 aromatic heterocycles. The number of methoxy groups -OCH3 is 1. The molecule has 1 aliphatic rings. The molecule has 2 heterocycles. The molecule has 116 valence electrons. The first-order valence-electron chi connectivity index (χ1n) is 5.76. The van der Waals surface area contributed by atoms with Crippen LogP contribution in [0.5, 0.6) is 0 Å². The molecular formula is C13H13BrClF3N2O. The van der Waals surface area contributed by atoms with Gasteiger partial charge in [0.1, 0.15) is 0 Å². The van der Waals surface area contributed by atoms with E-state index in [1.807, 2.05) is 25.1 Å². The molecule has 21 heavy (non-hydrogen) atoms. The van der Waals surface area contributed by atoms with Gasteiger partial charge < -0.3 is 4.74 Å². The minimum atomic E-state index is -4.46. The second kappa shape index (κ2) is 6.89. The van der Waals surface area contributed by atoms with E-state index in [0.29, 0.717) is 6.21 Å². The monoisotopic (exact) mass is 384 g/mol. The summed E-state index contributed by atoms with van der Waals surface area (Å²) >= 11 is 8.16. The summed E-state index contributed by atoms with van der Waals surface area (Å²) < 4.78 is 39.6. The van der Waals surface area contributed by atoms with Crippen LogP contribution in [0.2, 0.25) is 0 Å². The number of hydrogen-bond acceptors (Lipinski definition) is 3. The van der Waals surface area contributed by atoms with E-state index in [9.17, 15) is 13.2 Å². The third-order valence-corrected chi connectivity index (χ3v) is 3.79. The number of nitrogens with zero attached hydrogens (tertiary/aromatic N) is 2. The molecule has 0 amide bonds. The van der Waals surface area contributed by atoms with Crippen LogP contribution >= 0.6 is 27.5 Å². The Hall–Kier alpha value is -0.920. The standard InChI is InChI=1S/C7H6BrClF3NO.C6H7N/c1-14-6(9)3-2-5(8,4-13-6)7(10,11)12;1-6-4-2-3-5-7-6/h2-4H,1H3;2-5H,1H3. The van der Waals surface area contributed by atoms with Gasteiger partial charge in [0.25, 0.3) is 5.18 Å². The first-order chi connectivity index (χ1) is 9.62. The molecule has 0 saturated carbocycles. The smallest absolute Gasteiger partial charge is 0.341 e. The van der Waals surface area contributed by atoms with Gasteiger partial charge in [-0.3, -0.25) is 4.98 Å². The van der Waals surface area contributed by atoms with E-state index in [0.717, 1.165) is 17.8 Å². The van der Waals surface area contributed by atoms with Gasteiger partial charge >= 0.3 is 6.18 Å². The van der Waals surface area contributed by atoms with E-state index < -0.39 is 15.7 Å². The Balaban J connectivity index is 0.000000262. The van der Waals surface area contributed by atoms with Crippen LogP contribution in [-0.4, -0.2) is 34.0 Å². The van der Waals surface area contributed by atoms with Crippen LogP contribution in [0.1, 0.15) is 5.69 Å². The van der Waals surface area contributed by atoms with Gasteiger partial charge in [0, 0.05) is 25.2 Å². The van der Waals surface area contributed by atoms with Gasteiger partial charge in [-0.1, -0.05) is 39.7 Å². The van der Waals surface area contributed by atoms with Crippen molar-refractivity contribution in [2.24, 2.45) is 4.99 Å². The molecule has 0 aliphatic carbocycles. The van der Waals surface area contributed by atoms with Crippen LogP contribution in [0.3, 0.4) is 0 Å². The molecule has 2 rings (SSSR count). The second-order valence-corrected chi connectivity index (χ2v) is 6.00. The number of aliphatic imine (C=N–C) groups is 1. The third kappa shape index (κ3) is 5.09. The maximum Gasteiger partial charge on any atom is 0.412 e. The normalized spacial score (nSPS) is 28.0. The van der Waals surface area contributed by atoms with Crippen molar-refractivity contribution in [3.8, 4) is 0 Å². The van der Waals surface area contributed by atoms with E-state index in [1.54, 1.807) is 6.20 Å². The Morgan fingerprint density at radius 1 is 1.29 bits per heavy atom. The third-order valence-electron chi connectivity index (χ3n) is 2.49. The number of aryl methyl sites for hydroxylation is 1. The zero-order chi connectivity index (χ0) is 16.1. The highest BCUT2D eigenvalue weighted by Crippen LogP contribution is 2.41. The van der Waals surface area contributed by atoms with E-state index >= 15 is 0 Å². The van der Waals surface area contributed by atoms with Gasteiger partial charge in [0.15, 0.2) is 4.32 Å². The molecule has 0 fully saturated rings. The summed E-state index contributed by atoms with van der Waals surface area (Å²) in [5.74, 6) is 0.